The molecule has 4 heterocycles. The number of nitrogens with one attached hydrogen (secondary N) is 1. The van der Waals surface area contributed by atoms with Gasteiger partial charge in [-0.3, -0.25) is 0 Å². The number of aryl methyl sites for hydroxylation is 2. The molecule has 26 heavy (non-hydrogen) atoms. The summed E-state index contributed by atoms with van der Waals surface area (Å²) in [5.41, 5.74) is 5.06. The number of anilines is 2. The summed E-state index contributed by atoms with van der Waals surface area (Å²) < 4.78 is 0. The van der Waals surface area contributed by atoms with Gasteiger partial charge in [-0.1, -0.05) is 0 Å². The molecule has 3 aliphatic rings. The smallest absolute Gasteiger partial charge is 0.151 e. The van der Waals surface area contributed by atoms with Crippen molar-refractivity contribution in [2.45, 2.75) is 32.2 Å². The van der Waals surface area contributed by atoms with E-state index < -0.39 is 0 Å². The van der Waals surface area contributed by atoms with Crippen LogP contribution in [0.3, 0.4) is 0 Å². The van der Waals surface area contributed by atoms with Crippen molar-refractivity contribution < 1.29 is 0 Å². The van der Waals surface area contributed by atoms with Crippen LogP contribution in [0.4, 0.5) is 11.6 Å². The Labute approximate surface area is 153 Å². The van der Waals surface area contributed by atoms with Crippen molar-refractivity contribution >= 4 is 11.6 Å². The third-order valence-corrected chi connectivity index (χ3v) is 5.84. The first-order valence-electron chi connectivity index (χ1n) is 9.62. The van der Waals surface area contributed by atoms with Gasteiger partial charge in [-0.15, -0.1) is 5.10 Å². The summed E-state index contributed by atoms with van der Waals surface area (Å²) in [7, 11) is 2.15. The first kappa shape index (κ1) is 15.9. The van der Waals surface area contributed by atoms with E-state index in [0.29, 0.717) is 5.92 Å². The Bertz CT molecular complexity index is 816. The minimum Gasteiger partial charge on any atom is -0.369 e. The Morgan fingerprint density at radius 3 is 2.96 bits per heavy atom. The maximum absolute atomic E-state index is 4.49. The minimum atomic E-state index is 0.622. The number of hydrogen-bond acceptors (Lipinski definition) is 7. The molecule has 0 saturated carbocycles. The van der Waals surface area contributed by atoms with Crippen molar-refractivity contribution in [3.63, 3.8) is 0 Å². The highest BCUT2D eigenvalue weighted by atomic mass is 15.3. The first-order chi connectivity index (χ1) is 12.8. The molecule has 2 aromatic rings. The zero-order valence-corrected chi connectivity index (χ0v) is 15.3. The highest BCUT2D eigenvalue weighted by Crippen LogP contribution is 2.28. The SMILES string of the molecule is CN1CCc2ncnc(NCC3CN(c4cc5c(nn4)CCC5)C3)c2C1. The maximum Gasteiger partial charge on any atom is 0.151 e. The zero-order valence-electron chi connectivity index (χ0n) is 15.3. The molecular formula is C19H25N7. The molecule has 1 fully saturated rings. The van der Waals surface area contributed by atoms with Crippen molar-refractivity contribution in [2.75, 3.05) is 43.4 Å². The molecule has 2 aromatic heterocycles. The molecule has 5 rings (SSSR count). The summed E-state index contributed by atoms with van der Waals surface area (Å²) in [6.07, 6.45) is 6.17. The molecule has 2 aliphatic heterocycles. The standard InChI is InChI=1S/C19H25N7/c1-25-6-5-17-15(11-25)19(22-12-21-17)20-8-13-9-26(10-13)18-7-14-3-2-4-16(14)23-24-18/h7,12-13H,2-6,8-11H2,1H3,(H,20,21,22). The Morgan fingerprint density at radius 1 is 1.12 bits per heavy atom. The van der Waals surface area contributed by atoms with Crippen molar-refractivity contribution in [2.24, 2.45) is 5.92 Å². The van der Waals surface area contributed by atoms with Crippen LogP contribution in [-0.4, -0.2) is 58.3 Å². The summed E-state index contributed by atoms with van der Waals surface area (Å²) in [5.74, 6) is 2.68. The number of likely N-dealkylation sites (N-methyl/N-ethyl adjacent to an activating group) is 1. The molecule has 136 valence electrons. The van der Waals surface area contributed by atoms with Gasteiger partial charge >= 0.3 is 0 Å². The molecule has 0 spiro atoms. The summed E-state index contributed by atoms with van der Waals surface area (Å²) in [5, 5.41) is 12.4. The van der Waals surface area contributed by atoms with Crippen LogP contribution >= 0.6 is 0 Å². The first-order valence-corrected chi connectivity index (χ1v) is 9.62. The lowest BCUT2D eigenvalue weighted by Gasteiger charge is -2.40. The predicted octanol–water partition coefficient (Wildman–Crippen LogP) is 1.29. The second kappa shape index (κ2) is 6.46. The fourth-order valence-corrected chi connectivity index (χ4v) is 4.23. The van der Waals surface area contributed by atoms with E-state index in [0.717, 1.165) is 63.6 Å². The van der Waals surface area contributed by atoms with Gasteiger partial charge in [0.15, 0.2) is 5.82 Å². The van der Waals surface area contributed by atoms with E-state index in [1.807, 2.05) is 0 Å². The van der Waals surface area contributed by atoms with Gasteiger partial charge in [0.1, 0.15) is 12.1 Å². The third kappa shape index (κ3) is 2.90. The van der Waals surface area contributed by atoms with Gasteiger partial charge in [0.25, 0.3) is 0 Å². The molecule has 1 N–H and O–H groups in total. The molecule has 0 bridgehead atoms. The summed E-state index contributed by atoms with van der Waals surface area (Å²) in [4.78, 5) is 13.6. The van der Waals surface area contributed by atoms with Crippen molar-refractivity contribution in [1.82, 2.24) is 25.1 Å². The van der Waals surface area contributed by atoms with Crippen LogP contribution in [0.5, 0.6) is 0 Å². The maximum atomic E-state index is 4.49. The lowest BCUT2D eigenvalue weighted by molar-refractivity contribution is 0.309. The zero-order chi connectivity index (χ0) is 17.5. The second-order valence-electron chi connectivity index (χ2n) is 7.82. The van der Waals surface area contributed by atoms with Crippen LogP contribution in [0.15, 0.2) is 12.4 Å². The van der Waals surface area contributed by atoms with Gasteiger partial charge in [-0.25, -0.2) is 9.97 Å². The van der Waals surface area contributed by atoms with Crippen LogP contribution in [-0.2, 0) is 25.8 Å². The molecule has 0 unspecified atom stereocenters. The van der Waals surface area contributed by atoms with Gasteiger partial charge in [0.2, 0.25) is 0 Å². The Kier molecular flexibility index (Phi) is 3.96. The topological polar surface area (TPSA) is 70.1 Å². The normalized spacial score (nSPS) is 19.8. The quantitative estimate of drug-likeness (QED) is 0.890. The van der Waals surface area contributed by atoms with E-state index in [4.69, 9.17) is 0 Å². The lowest BCUT2D eigenvalue weighted by atomic mass is 9.99. The molecule has 1 aliphatic carbocycles. The van der Waals surface area contributed by atoms with Gasteiger partial charge < -0.3 is 15.1 Å². The second-order valence-corrected chi connectivity index (χ2v) is 7.82. The van der Waals surface area contributed by atoms with Gasteiger partial charge in [-0.2, -0.15) is 5.10 Å². The van der Waals surface area contributed by atoms with E-state index in [1.165, 1.54) is 28.9 Å². The molecule has 7 heteroatoms. The minimum absolute atomic E-state index is 0.622. The third-order valence-electron chi connectivity index (χ3n) is 5.84. The number of fused-ring (bicyclic) bond motifs is 2. The fourth-order valence-electron chi connectivity index (χ4n) is 4.23. The van der Waals surface area contributed by atoms with Crippen molar-refractivity contribution in [3.05, 3.63) is 34.9 Å². The molecular weight excluding hydrogens is 326 g/mol. The highest BCUT2D eigenvalue weighted by molar-refractivity contribution is 5.48. The number of rotatable bonds is 4. The Hall–Kier alpha value is -2.28. The molecule has 1 saturated heterocycles. The van der Waals surface area contributed by atoms with Crippen LogP contribution in [0.25, 0.3) is 0 Å². The van der Waals surface area contributed by atoms with E-state index in [-0.39, 0.29) is 0 Å². The fraction of sp³-hybridized carbons (Fsp3) is 0.579. The van der Waals surface area contributed by atoms with Gasteiger partial charge in [0, 0.05) is 50.6 Å². The van der Waals surface area contributed by atoms with Gasteiger partial charge in [0.05, 0.1) is 11.4 Å². The highest BCUT2D eigenvalue weighted by Gasteiger charge is 2.29. The van der Waals surface area contributed by atoms with E-state index in [1.54, 1.807) is 6.33 Å². The lowest BCUT2D eigenvalue weighted by Crippen LogP contribution is -2.50. The number of hydrogen-bond donors (Lipinski definition) is 1. The van der Waals surface area contributed by atoms with Crippen LogP contribution in [0.2, 0.25) is 0 Å². The van der Waals surface area contributed by atoms with E-state index >= 15 is 0 Å². The van der Waals surface area contributed by atoms with Crippen molar-refractivity contribution in [1.29, 1.82) is 0 Å². The Balaban J connectivity index is 1.19. The molecule has 0 amide bonds. The average molecular weight is 351 g/mol. The number of nitrogens with zero attached hydrogens (tertiary/aromatic N) is 6. The molecule has 0 atom stereocenters. The van der Waals surface area contributed by atoms with Crippen molar-refractivity contribution in [3.8, 4) is 0 Å². The van der Waals surface area contributed by atoms with Crippen LogP contribution in [0.1, 0.15) is 28.9 Å². The van der Waals surface area contributed by atoms with Gasteiger partial charge in [-0.05, 0) is 37.9 Å². The molecule has 7 nitrogen and oxygen atoms in total. The monoisotopic (exact) mass is 351 g/mol. The molecule has 0 aromatic carbocycles. The average Bonchev–Trinajstić information content (AvgIpc) is 3.08. The van der Waals surface area contributed by atoms with Crippen LogP contribution in [0, 0.1) is 5.92 Å². The summed E-state index contributed by atoms with van der Waals surface area (Å²) in [6.45, 7) is 5.02. The largest absolute Gasteiger partial charge is 0.369 e. The van der Waals surface area contributed by atoms with E-state index in [2.05, 4.69) is 48.4 Å². The predicted molar refractivity (Wildman–Crippen MR) is 100 cm³/mol. The summed E-state index contributed by atoms with van der Waals surface area (Å²) in [6, 6.07) is 2.25. The van der Waals surface area contributed by atoms with Crippen LogP contribution < -0.4 is 10.2 Å². The summed E-state index contributed by atoms with van der Waals surface area (Å²) >= 11 is 0. The number of aromatic nitrogens is 4. The van der Waals surface area contributed by atoms with E-state index in [9.17, 15) is 0 Å². The Morgan fingerprint density at radius 2 is 2.04 bits per heavy atom. The molecule has 0 radical (unpaired) electrons.